The summed E-state index contributed by atoms with van der Waals surface area (Å²) in [5.74, 6) is 1.41. The Bertz CT molecular complexity index is 178. The first-order chi connectivity index (χ1) is 6.09. The molecule has 1 N–H and O–H groups in total. The lowest BCUT2D eigenvalue weighted by Crippen LogP contribution is -1.92. The number of fused-ring (bicyclic) bond motifs is 2. The molecule has 0 aromatic rings. The monoisotopic (exact) mass is 182 g/mol. The van der Waals surface area contributed by atoms with Crippen molar-refractivity contribution in [3.63, 3.8) is 0 Å². The maximum Gasteiger partial charge on any atom is 0.330 e. The number of rotatable bonds is 1. The first kappa shape index (κ1) is 10.3. The van der Waals surface area contributed by atoms with Gasteiger partial charge in [-0.25, -0.2) is 4.79 Å². The lowest BCUT2D eigenvalue weighted by molar-refractivity contribution is -0.132. The first-order valence-corrected chi connectivity index (χ1v) is 4.98. The molecule has 74 valence electrons. The first-order valence-electron chi connectivity index (χ1n) is 4.98. The number of hydrogen-bond donors (Lipinski definition) is 1. The molecule has 2 fully saturated rings. The van der Waals surface area contributed by atoms with Gasteiger partial charge < -0.3 is 5.11 Å². The van der Waals surface area contributed by atoms with Crippen LogP contribution in [0.4, 0.5) is 0 Å². The highest BCUT2D eigenvalue weighted by molar-refractivity contribution is 5.84. The summed E-state index contributed by atoms with van der Waals surface area (Å²) >= 11 is 0. The van der Waals surface area contributed by atoms with Gasteiger partial charge in [0.05, 0.1) is 0 Å². The average Bonchev–Trinajstić information content (AvgIpc) is 2.67. The normalized spacial score (nSPS) is 29.3. The molecule has 0 aliphatic heterocycles. The van der Waals surface area contributed by atoms with Gasteiger partial charge in [-0.1, -0.05) is 32.3 Å². The SMILES string of the molecule is C1CC2CCC1C2.C=C(C)C(=O)O. The van der Waals surface area contributed by atoms with Gasteiger partial charge in [-0.15, -0.1) is 0 Å². The molecule has 0 aromatic heterocycles. The Morgan fingerprint density at radius 1 is 1.23 bits per heavy atom. The number of carboxylic acids is 1. The standard InChI is InChI=1S/C7H12.C4H6O2/c1-2-7-4-3-6(1)5-7;1-3(2)4(5)6/h6-7H,1-5H2;1H2,2H3,(H,5,6). The predicted molar refractivity (Wildman–Crippen MR) is 52.5 cm³/mol. The van der Waals surface area contributed by atoms with Gasteiger partial charge in [-0.05, 0) is 25.2 Å². The second-order valence-electron chi connectivity index (χ2n) is 4.21. The summed E-state index contributed by atoms with van der Waals surface area (Å²) in [6.45, 7) is 4.60. The lowest BCUT2D eigenvalue weighted by Gasteiger charge is -2.05. The van der Waals surface area contributed by atoms with E-state index in [1.165, 1.54) is 18.8 Å². The summed E-state index contributed by atoms with van der Waals surface area (Å²) in [6.07, 6.45) is 7.82. The third-order valence-electron chi connectivity index (χ3n) is 3.00. The van der Waals surface area contributed by atoms with E-state index in [1.54, 1.807) is 32.1 Å². The molecular weight excluding hydrogens is 164 g/mol. The Balaban J connectivity index is 0.000000133. The molecule has 0 atom stereocenters. The maximum atomic E-state index is 9.60. The summed E-state index contributed by atoms with van der Waals surface area (Å²) in [7, 11) is 0. The minimum absolute atomic E-state index is 0.176. The number of aliphatic carboxylic acids is 1. The van der Waals surface area contributed by atoms with Gasteiger partial charge in [0.25, 0.3) is 0 Å². The van der Waals surface area contributed by atoms with Gasteiger partial charge >= 0.3 is 5.97 Å². The second kappa shape index (κ2) is 4.45. The molecule has 0 saturated heterocycles. The fourth-order valence-electron chi connectivity index (χ4n) is 2.17. The van der Waals surface area contributed by atoms with E-state index in [4.69, 9.17) is 5.11 Å². The van der Waals surface area contributed by atoms with Gasteiger partial charge in [0, 0.05) is 5.57 Å². The lowest BCUT2D eigenvalue weighted by atomic mass is 10.0. The second-order valence-corrected chi connectivity index (χ2v) is 4.21. The van der Waals surface area contributed by atoms with Gasteiger partial charge in [-0.2, -0.15) is 0 Å². The van der Waals surface area contributed by atoms with Crippen molar-refractivity contribution in [1.29, 1.82) is 0 Å². The molecule has 0 amide bonds. The Morgan fingerprint density at radius 3 is 1.62 bits per heavy atom. The summed E-state index contributed by atoms with van der Waals surface area (Å²) in [5, 5.41) is 7.89. The van der Waals surface area contributed by atoms with Crippen LogP contribution in [0.2, 0.25) is 0 Å². The Hall–Kier alpha value is -0.790. The van der Waals surface area contributed by atoms with Crippen LogP contribution in [0.3, 0.4) is 0 Å². The largest absolute Gasteiger partial charge is 0.478 e. The van der Waals surface area contributed by atoms with Crippen LogP contribution in [0, 0.1) is 11.8 Å². The van der Waals surface area contributed by atoms with E-state index in [-0.39, 0.29) is 5.57 Å². The topological polar surface area (TPSA) is 37.3 Å². The quantitative estimate of drug-likeness (QED) is 0.633. The molecule has 2 aliphatic rings. The van der Waals surface area contributed by atoms with Crippen molar-refractivity contribution < 1.29 is 9.90 Å². The van der Waals surface area contributed by atoms with E-state index >= 15 is 0 Å². The molecule has 13 heavy (non-hydrogen) atoms. The van der Waals surface area contributed by atoms with E-state index in [9.17, 15) is 4.79 Å². The van der Waals surface area contributed by atoms with Crippen molar-refractivity contribution in [3.05, 3.63) is 12.2 Å². The molecule has 2 bridgehead atoms. The van der Waals surface area contributed by atoms with E-state index in [2.05, 4.69) is 6.58 Å². The maximum absolute atomic E-state index is 9.60. The smallest absolute Gasteiger partial charge is 0.330 e. The molecule has 0 spiro atoms. The molecule has 2 nitrogen and oxygen atoms in total. The minimum atomic E-state index is -0.935. The zero-order valence-corrected chi connectivity index (χ0v) is 8.25. The highest BCUT2D eigenvalue weighted by Crippen LogP contribution is 2.43. The summed E-state index contributed by atoms with van der Waals surface area (Å²) in [5.41, 5.74) is 0.176. The number of hydrogen-bond acceptors (Lipinski definition) is 1. The van der Waals surface area contributed by atoms with Crippen molar-refractivity contribution in [2.75, 3.05) is 0 Å². The average molecular weight is 182 g/mol. The van der Waals surface area contributed by atoms with Crippen LogP contribution in [-0.2, 0) is 4.79 Å². The van der Waals surface area contributed by atoms with Crippen LogP contribution in [-0.4, -0.2) is 11.1 Å². The Kier molecular flexibility index (Phi) is 3.52. The molecule has 2 heteroatoms. The Morgan fingerprint density at radius 2 is 1.54 bits per heavy atom. The third kappa shape index (κ3) is 3.21. The van der Waals surface area contributed by atoms with Crippen molar-refractivity contribution in [3.8, 4) is 0 Å². The highest BCUT2D eigenvalue weighted by atomic mass is 16.4. The van der Waals surface area contributed by atoms with E-state index in [0.717, 1.165) is 0 Å². The predicted octanol–water partition coefficient (Wildman–Crippen LogP) is 2.84. The van der Waals surface area contributed by atoms with Gasteiger partial charge in [-0.3, -0.25) is 0 Å². The van der Waals surface area contributed by atoms with Gasteiger partial charge in [0.1, 0.15) is 0 Å². The molecular formula is C11H18O2. The number of carbonyl (C=O) groups is 1. The highest BCUT2D eigenvalue weighted by Gasteiger charge is 2.30. The summed E-state index contributed by atoms with van der Waals surface area (Å²) in [4.78, 5) is 9.60. The molecule has 0 radical (unpaired) electrons. The van der Waals surface area contributed by atoms with Crippen molar-refractivity contribution in [2.24, 2.45) is 11.8 Å². The zero-order chi connectivity index (χ0) is 9.84. The van der Waals surface area contributed by atoms with Gasteiger partial charge in [0.2, 0.25) is 0 Å². The van der Waals surface area contributed by atoms with Crippen LogP contribution < -0.4 is 0 Å². The molecule has 0 heterocycles. The molecule has 0 aromatic carbocycles. The minimum Gasteiger partial charge on any atom is -0.478 e. The van der Waals surface area contributed by atoms with E-state index in [0.29, 0.717) is 0 Å². The molecule has 0 unspecified atom stereocenters. The van der Waals surface area contributed by atoms with E-state index in [1.807, 2.05) is 0 Å². The van der Waals surface area contributed by atoms with Crippen molar-refractivity contribution in [1.82, 2.24) is 0 Å². The van der Waals surface area contributed by atoms with Crippen molar-refractivity contribution >= 4 is 5.97 Å². The van der Waals surface area contributed by atoms with Crippen LogP contribution in [0.25, 0.3) is 0 Å². The third-order valence-corrected chi connectivity index (χ3v) is 3.00. The van der Waals surface area contributed by atoms with Crippen LogP contribution >= 0.6 is 0 Å². The fourth-order valence-corrected chi connectivity index (χ4v) is 2.17. The Labute approximate surface area is 79.6 Å². The summed E-state index contributed by atoms with van der Waals surface area (Å²) in [6, 6.07) is 0. The van der Waals surface area contributed by atoms with Crippen LogP contribution in [0.5, 0.6) is 0 Å². The van der Waals surface area contributed by atoms with Crippen LogP contribution in [0.1, 0.15) is 39.0 Å². The van der Waals surface area contributed by atoms with E-state index < -0.39 is 5.97 Å². The molecule has 2 aliphatic carbocycles. The van der Waals surface area contributed by atoms with Crippen molar-refractivity contribution in [2.45, 2.75) is 39.0 Å². The molecule has 2 saturated carbocycles. The zero-order valence-electron chi connectivity index (χ0n) is 8.25. The van der Waals surface area contributed by atoms with Crippen LogP contribution in [0.15, 0.2) is 12.2 Å². The number of carboxylic acid groups (broad SMARTS) is 1. The fraction of sp³-hybridized carbons (Fsp3) is 0.727. The van der Waals surface area contributed by atoms with Gasteiger partial charge in [0.15, 0.2) is 0 Å². The summed E-state index contributed by atoms with van der Waals surface area (Å²) < 4.78 is 0. The molecule has 2 rings (SSSR count).